The van der Waals surface area contributed by atoms with Crippen LogP contribution in [0.1, 0.15) is 18.4 Å². The minimum atomic E-state index is 0.298. The standard InChI is InChI=1S/C16H16ClN5/c17-14-4-1-3-12(11-18)15(14)21-13-5-9-22(10-6-13)16-19-7-2-8-20-16/h1-4,7-8,13,21H,5-6,9-10H2. The fraction of sp³-hybridized carbons (Fsp3) is 0.312. The van der Waals surface area contributed by atoms with E-state index in [0.29, 0.717) is 16.6 Å². The van der Waals surface area contributed by atoms with Gasteiger partial charge in [-0.3, -0.25) is 0 Å². The molecule has 6 heteroatoms. The summed E-state index contributed by atoms with van der Waals surface area (Å²) in [7, 11) is 0. The van der Waals surface area contributed by atoms with E-state index in [1.54, 1.807) is 30.6 Å². The van der Waals surface area contributed by atoms with Gasteiger partial charge in [0.2, 0.25) is 5.95 Å². The number of aromatic nitrogens is 2. The third-order valence-electron chi connectivity index (χ3n) is 3.81. The Morgan fingerprint density at radius 1 is 1.18 bits per heavy atom. The Hall–Kier alpha value is -2.32. The third kappa shape index (κ3) is 3.12. The molecule has 0 unspecified atom stereocenters. The molecule has 0 aliphatic carbocycles. The van der Waals surface area contributed by atoms with E-state index in [2.05, 4.69) is 26.3 Å². The van der Waals surface area contributed by atoms with E-state index in [0.717, 1.165) is 37.6 Å². The van der Waals surface area contributed by atoms with Crippen molar-refractivity contribution < 1.29 is 0 Å². The van der Waals surface area contributed by atoms with Crippen molar-refractivity contribution in [2.75, 3.05) is 23.3 Å². The van der Waals surface area contributed by atoms with Gasteiger partial charge >= 0.3 is 0 Å². The van der Waals surface area contributed by atoms with Crippen LogP contribution in [0.3, 0.4) is 0 Å². The SMILES string of the molecule is N#Cc1cccc(Cl)c1NC1CCN(c2ncccn2)CC1. The maximum absolute atomic E-state index is 9.19. The molecule has 112 valence electrons. The van der Waals surface area contributed by atoms with Gasteiger partial charge in [-0.25, -0.2) is 9.97 Å². The minimum Gasteiger partial charge on any atom is -0.380 e. The van der Waals surface area contributed by atoms with Crippen LogP contribution in [-0.2, 0) is 0 Å². The van der Waals surface area contributed by atoms with Gasteiger partial charge in [-0.05, 0) is 31.0 Å². The second-order valence-corrected chi connectivity index (χ2v) is 5.64. The first kappa shape index (κ1) is 14.6. The number of anilines is 2. The molecule has 1 N–H and O–H groups in total. The minimum absolute atomic E-state index is 0.298. The number of para-hydroxylation sites is 1. The maximum Gasteiger partial charge on any atom is 0.225 e. The average molecular weight is 314 g/mol. The first-order valence-corrected chi connectivity index (χ1v) is 7.63. The molecule has 3 rings (SSSR count). The number of halogens is 1. The van der Waals surface area contributed by atoms with Crippen LogP contribution < -0.4 is 10.2 Å². The van der Waals surface area contributed by atoms with Crippen molar-refractivity contribution in [2.24, 2.45) is 0 Å². The summed E-state index contributed by atoms with van der Waals surface area (Å²) in [4.78, 5) is 10.7. The molecule has 0 bridgehead atoms. The fourth-order valence-electron chi connectivity index (χ4n) is 2.65. The molecule has 1 aromatic heterocycles. The van der Waals surface area contributed by atoms with Gasteiger partial charge in [0.25, 0.3) is 0 Å². The van der Waals surface area contributed by atoms with E-state index in [-0.39, 0.29) is 0 Å². The van der Waals surface area contributed by atoms with Gasteiger partial charge < -0.3 is 10.2 Å². The van der Waals surface area contributed by atoms with Crippen LogP contribution >= 0.6 is 11.6 Å². The summed E-state index contributed by atoms with van der Waals surface area (Å²) in [5, 5.41) is 13.2. The second-order valence-electron chi connectivity index (χ2n) is 5.23. The van der Waals surface area contributed by atoms with Crippen molar-refractivity contribution in [1.29, 1.82) is 5.26 Å². The van der Waals surface area contributed by atoms with Crippen molar-refractivity contribution >= 4 is 23.2 Å². The Kier molecular flexibility index (Phi) is 4.40. The predicted molar refractivity (Wildman–Crippen MR) is 87.1 cm³/mol. The van der Waals surface area contributed by atoms with Crippen LogP contribution in [0.15, 0.2) is 36.7 Å². The van der Waals surface area contributed by atoms with Gasteiger partial charge in [0.05, 0.1) is 16.3 Å². The molecule has 0 saturated carbocycles. The highest BCUT2D eigenvalue weighted by Gasteiger charge is 2.22. The van der Waals surface area contributed by atoms with Gasteiger partial charge in [-0.1, -0.05) is 17.7 Å². The third-order valence-corrected chi connectivity index (χ3v) is 4.13. The molecule has 1 fully saturated rings. The Morgan fingerprint density at radius 3 is 2.59 bits per heavy atom. The Labute approximate surface area is 134 Å². The number of hydrogen-bond acceptors (Lipinski definition) is 5. The van der Waals surface area contributed by atoms with Crippen molar-refractivity contribution in [1.82, 2.24) is 9.97 Å². The molecule has 1 aliphatic heterocycles. The van der Waals surface area contributed by atoms with Crippen molar-refractivity contribution in [3.8, 4) is 6.07 Å². The summed E-state index contributed by atoms with van der Waals surface area (Å²) in [5.41, 5.74) is 1.32. The Morgan fingerprint density at radius 2 is 1.91 bits per heavy atom. The van der Waals surface area contributed by atoms with Crippen molar-refractivity contribution in [3.05, 3.63) is 47.2 Å². The predicted octanol–water partition coefficient (Wildman–Crippen LogP) is 3.08. The highest BCUT2D eigenvalue weighted by molar-refractivity contribution is 6.33. The second kappa shape index (κ2) is 6.63. The zero-order valence-electron chi connectivity index (χ0n) is 12.0. The van der Waals surface area contributed by atoms with Gasteiger partial charge in [0.15, 0.2) is 0 Å². The maximum atomic E-state index is 9.19. The highest BCUT2D eigenvalue weighted by Crippen LogP contribution is 2.28. The average Bonchev–Trinajstić information content (AvgIpc) is 2.58. The molecule has 22 heavy (non-hydrogen) atoms. The molecular weight excluding hydrogens is 298 g/mol. The molecule has 1 saturated heterocycles. The molecule has 0 radical (unpaired) electrons. The number of nitriles is 1. The Balaban J connectivity index is 1.65. The molecule has 2 aromatic rings. The van der Waals surface area contributed by atoms with Crippen LogP contribution in [-0.4, -0.2) is 29.1 Å². The zero-order valence-corrected chi connectivity index (χ0v) is 12.8. The number of rotatable bonds is 3. The lowest BCUT2D eigenvalue weighted by atomic mass is 10.0. The number of nitrogens with one attached hydrogen (secondary N) is 1. The molecule has 5 nitrogen and oxygen atoms in total. The number of hydrogen-bond donors (Lipinski definition) is 1. The first-order valence-electron chi connectivity index (χ1n) is 7.25. The van der Waals surface area contributed by atoms with Gasteiger partial charge in [0, 0.05) is 31.5 Å². The molecule has 2 heterocycles. The van der Waals surface area contributed by atoms with Gasteiger partial charge in [-0.15, -0.1) is 0 Å². The number of benzene rings is 1. The van der Waals surface area contributed by atoms with Gasteiger partial charge in [-0.2, -0.15) is 5.26 Å². The lowest BCUT2D eigenvalue weighted by molar-refractivity contribution is 0.520. The van der Waals surface area contributed by atoms with Crippen LogP contribution in [0.2, 0.25) is 5.02 Å². The van der Waals surface area contributed by atoms with E-state index in [1.165, 1.54) is 0 Å². The zero-order chi connectivity index (χ0) is 15.4. The molecule has 1 aromatic carbocycles. The van der Waals surface area contributed by atoms with E-state index in [4.69, 9.17) is 11.6 Å². The molecule has 0 spiro atoms. The van der Waals surface area contributed by atoms with E-state index in [1.807, 2.05) is 6.07 Å². The Bertz CT molecular complexity index is 675. The van der Waals surface area contributed by atoms with Crippen molar-refractivity contribution in [3.63, 3.8) is 0 Å². The fourth-order valence-corrected chi connectivity index (χ4v) is 2.88. The molecular formula is C16H16ClN5. The van der Waals surface area contributed by atoms with Crippen molar-refractivity contribution in [2.45, 2.75) is 18.9 Å². The first-order chi connectivity index (χ1) is 10.8. The molecule has 0 amide bonds. The lowest BCUT2D eigenvalue weighted by Crippen LogP contribution is -2.40. The van der Waals surface area contributed by atoms with E-state index >= 15 is 0 Å². The normalized spacial score (nSPS) is 15.4. The smallest absolute Gasteiger partial charge is 0.225 e. The summed E-state index contributed by atoms with van der Waals surface area (Å²) >= 11 is 6.21. The number of piperidine rings is 1. The summed E-state index contributed by atoms with van der Waals surface area (Å²) in [6.07, 6.45) is 5.42. The lowest BCUT2D eigenvalue weighted by Gasteiger charge is -2.33. The van der Waals surface area contributed by atoms with E-state index in [9.17, 15) is 5.26 Å². The summed E-state index contributed by atoms with van der Waals surface area (Å²) in [6.45, 7) is 1.77. The number of nitrogens with zero attached hydrogens (tertiary/aromatic N) is 4. The molecule has 0 atom stereocenters. The van der Waals surface area contributed by atoms with Crippen LogP contribution in [0.25, 0.3) is 0 Å². The monoisotopic (exact) mass is 313 g/mol. The largest absolute Gasteiger partial charge is 0.380 e. The van der Waals surface area contributed by atoms with E-state index < -0.39 is 0 Å². The topological polar surface area (TPSA) is 64.8 Å². The molecule has 1 aliphatic rings. The van der Waals surface area contributed by atoms with Crippen LogP contribution in [0.4, 0.5) is 11.6 Å². The quantitative estimate of drug-likeness (QED) is 0.943. The van der Waals surface area contributed by atoms with Crippen LogP contribution in [0, 0.1) is 11.3 Å². The van der Waals surface area contributed by atoms with Crippen LogP contribution in [0.5, 0.6) is 0 Å². The van der Waals surface area contributed by atoms with Gasteiger partial charge in [0.1, 0.15) is 6.07 Å². The summed E-state index contributed by atoms with van der Waals surface area (Å²) in [5.74, 6) is 0.774. The highest BCUT2D eigenvalue weighted by atomic mass is 35.5. The summed E-state index contributed by atoms with van der Waals surface area (Å²) < 4.78 is 0. The summed E-state index contributed by atoms with van der Waals surface area (Å²) in [6, 6.07) is 9.67.